The minimum Gasteiger partial charge on any atom is -0.495 e. The van der Waals surface area contributed by atoms with Crippen LogP contribution >= 0.6 is 12.4 Å². The van der Waals surface area contributed by atoms with E-state index in [0.29, 0.717) is 30.1 Å². The Kier molecular flexibility index (Phi) is 7.88. The van der Waals surface area contributed by atoms with Crippen molar-refractivity contribution in [3.63, 3.8) is 0 Å². The topological polar surface area (TPSA) is 44.8 Å². The fourth-order valence-corrected chi connectivity index (χ4v) is 3.14. The summed E-state index contributed by atoms with van der Waals surface area (Å²) in [5, 5.41) is 2.89. The predicted octanol–water partition coefficient (Wildman–Crippen LogP) is 3.41. The Morgan fingerprint density at radius 1 is 1.07 bits per heavy atom. The number of carbonyl (C=O) groups is 1. The molecular formula is C20H25ClFN3O2. The highest BCUT2D eigenvalue weighted by Crippen LogP contribution is 2.23. The molecule has 3 rings (SSSR count). The molecule has 5 nitrogen and oxygen atoms in total. The number of hydrogen-bond donors (Lipinski definition) is 1. The lowest BCUT2D eigenvalue weighted by Crippen LogP contribution is -2.47. The van der Waals surface area contributed by atoms with Crippen molar-refractivity contribution in [3.05, 3.63) is 54.3 Å². The average Bonchev–Trinajstić information content (AvgIpc) is 2.68. The monoisotopic (exact) mass is 393 g/mol. The summed E-state index contributed by atoms with van der Waals surface area (Å²) < 4.78 is 19.1. The van der Waals surface area contributed by atoms with Gasteiger partial charge in [-0.25, -0.2) is 4.39 Å². The van der Waals surface area contributed by atoms with E-state index >= 15 is 0 Å². The zero-order valence-electron chi connectivity index (χ0n) is 15.4. The Hall–Kier alpha value is -2.31. The molecule has 1 saturated heterocycles. The maximum Gasteiger partial charge on any atom is 0.225 e. The molecule has 0 unspecified atom stereocenters. The number of anilines is 2. The smallest absolute Gasteiger partial charge is 0.225 e. The summed E-state index contributed by atoms with van der Waals surface area (Å²) in [7, 11) is 1.58. The van der Waals surface area contributed by atoms with Crippen LogP contribution in [0.2, 0.25) is 0 Å². The van der Waals surface area contributed by atoms with Crippen molar-refractivity contribution in [2.75, 3.05) is 50.1 Å². The second-order valence-corrected chi connectivity index (χ2v) is 6.28. The second kappa shape index (κ2) is 10.1. The van der Waals surface area contributed by atoms with Crippen LogP contribution in [-0.2, 0) is 4.79 Å². The third-order valence-corrected chi connectivity index (χ3v) is 4.60. The van der Waals surface area contributed by atoms with Gasteiger partial charge in [-0.2, -0.15) is 0 Å². The number of halogens is 2. The van der Waals surface area contributed by atoms with Gasteiger partial charge in [-0.3, -0.25) is 9.69 Å². The summed E-state index contributed by atoms with van der Waals surface area (Å²) in [6, 6.07) is 14.2. The number of rotatable bonds is 6. The number of methoxy groups -OCH3 is 1. The van der Waals surface area contributed by atoms with Crippen LogP contribution in [0.1, 0.15) is 6.42 Å². The molecule has 1 aliphatic rings. The van der Waals surface area contributed by atoms with Crippen molar-refractivity contribution in [1.82, 2.24) is 4.90 Å². The summed E-state index contributed by atoms with van der Waals surface area (Å²) >= 11 is 0. The third-order valence-electron chi connectivity index (χ3n) is 4.60. The number of para-hydroxylation sites is 3. The molecule has 1 aliphatic heterocycles. The molecule has 1 fully saturated rings. The molecule has 0 bridgehead atoms. The Morgan fingerprint density at radius 3 is 2.44 bits per heavy atom. The second-order valence-electron chi connectivity index (χ2n) is 6.28. The SMILES string of the molecule is COc1ccccc1NC(=O)CCN1CCN(c2ccccc2F)CC1.Cl. The molecule has 0 saturated carbocycles. The molecule has 1 N–H and O–H groups in total. The molecule has 0 atom stereocenters. The molecule has 1 heterocycles. The minimum absolute atomic E-state index is 0. The molecule has 7 heteroatoms. The zero-order chi connectivity index (χ0) is 18.4. The maximum absolute atomic E-state index is 13.9. The first-order valence-corrected chi connectivity index (χ1v) is 8.82. The van der Waals surface area contributed by atoms with E-state index < -0.39 is 0 Å². The van der Waals surface area contributed by atoms with Crippen molar-refractivity contribution < 1.29 is 13.9 Å². The highest BCUT2D eigenvalue weighted by molar-refractivity contribution is 5.92. The Balaban J connectivity index is 0.00000261. The Morgan fingerprint density at radius 2 is 1.74 bits per heavy atom. The average molecular weight is 394 g/mol. The lowest BCUT2D eigenvalue weighted by atomic mass is 10.2. The molecule has 2 aromatic carbocycles. The summed E-state index contributed by atoms with van der Waals surface area (Å²) in [6.07, 6.45) is 0.414. The van der Waals surface area contributed by atoms with Crippen molar-refractivity contribution in [2.45, 2.75) is 6.42 Å². The first kappa shape index (κ1) is 21.0. The molecule has 0 radical (unpaired) electrons. The Labute approximate surface area is 165 Å². The van der Waals surface area contributed by atoms with Crippen molar-refractivity contribution >= 4 is 29.7 Å². The standard InChI is InChI=1S/C20H24FN3O2.ClH/c1-26-19-9-5-3-7-17(19)22-20(25)10-11-23-12-14-24(15-13-23)18-8-4-2-6-16(18)21;/h2-9H,10-15H2,1H3,(H,22,25);1H. The summed E-state index contributed by atoms with van der Waals surface area (Å²) in [5.74, 6) is 0.433. The van der Waals surface area contributed by atoms with Gasteiger partial charge in [-0.1, -0.05) is 24.3 Å². The minimum atomic E-state index is -0.183. The number of amides is 1. The molecule has 1 amide bonds. The molecule has 27 heavy (non-hydrogen) atoms. The van der Waals surface area contributed by atoms with Crippen LogP contribution in [0.4, 0.5) is 15.8 Å². The zero-order valence-corrected chi connectivity index (χ0v) is 16.2. The lowest BCUT2D eigenvalue weighted by molar-refractivity contribution is -0.116. The van der Waals surface area contributed by atoms with Gasteiger partial charge in [-0.05, 0) is 24.3 Å². The van der Waals surface area contributed by atoms with Gasteiger partial charge < -0.3 is 15.0 Å². The maximum atomic E-state index is 13.9. The van der Waals surface area contributed by atoms with E-state index in [-0.39, 0.29) is 24.1 Å². The van der Waals surface area contributed by atoms with Gasteiger partial charge >= 0.3 is 0 Å². The molecule has 2 aromatic rings. The lowest BCUT2D eigenvalue weighted by Gasteiger charge is -2.36. The van der Waals surface area contributed by atoms with E-state index in [0.717, 1.165) is 26.2 Å². The molecular weight excluding hydrogens is 369 g/mol. The van der Waals surface area contributed by atoms with E-state index in [1.165, 1.54) is 6.07 Å². The predicted molar refractivity (Wildman–Crippen MR) is 109 cm³/mol. The number of hydrogen-bond acceptors (Lipinski definition) is 4. The largest absolute Gasteiger partial charge is 0.495 e. The van der Waals surface area contributed by atoms with Crippen LogP contribution in [0.3, 0.4) is 0 Å². The summed E-state index contributed by atoms with van der Waals surface area (Å²) in [6.45, 7) is 3.84. The number of piperazine rings is 1. The number of ether oxygens (including phenoxy) is 1. The van der Waals surface area contributed by atoms with Gasteiger partial charge in [0, 0.05) is 39.1 Å². The van der Waals surface area contributed by atoms with Crippen LogP contribution in [0.5, 0.6) is 5.75 Å². The fourth-order valence-electron chi connectivity index (χ4n) is 3.14. The molecule has 0 spiro atoms. The van der Waals surface area contributed by atoms with Crippen molar-refractivity contribution in [3.8, 4) is 5.75 Å². The van der Waals surface area contributed by atoms with Crippen LogP contribution < -0.4 is 15.0 Å². The van der Waals surface area contributed by atoms with Gasteiger partial charge in [-0.15, -0.1) is 12.4 Å². The first-order valence-electron chi connectivity index (χ1n) is 8.82. The van der Waals surface area contributed by atoms with Crippen LogP contribution in [-0.4, -0.2) is 50.6 Å². The first-order chi connectivity index (χ1) is 12.7. The summed E-state index contributed by atoms with van der Waals surface area (Å²) in [5.41, 5.74) is 1.34. The third kappa shape index (κ3) is 5.58. The number of benzene rings is 2. The molecule has 146 valence electrons. The van der Waals surface area contributed by atoms with Gasteiger partial charge in [0.1, 0.15) is 11.6 Å². The summed E-state index contributed by atoms with van der Waals surface area (Å²) in [4.78, 5) is 16.5. The van der Waals surface area contributed by atoms with Crippen LogP contribution in [0.25, 0.3) is 0 Å². The number of nitrogens with zero attached hydrogens (tertiary/aromatic N) is 2. The fraction of sp³-hybridized carbons (Fsp3) is 0.350. The van der Waals surface area contributed by atoms with E-state index in [2.05, 4.69) is 15.1 Å². The highest BCUT2D eigenvalue weighted by Gasteiger charge is 2.19. The van der Waals surface area contributed by atoms with E-state index in [4.69, 9.17) is 4.74 Å². The van der Waals surface area contributed by atoms with Gasteiger partial charge in [0.05, 0.1) is 18.5 Å². The van der Waals surface area contributed by atoms with E-state index in [1.807, 2.05) is 36.4 Å². The number of carbonyl (C=O) groups excluding carboxylic acids is 1. The van der Waals surface area contributed by atoms with Gasteiger partial charge in [0.25, 0.3) is 0 Å². The van der Waals surface area contributed by atoms with Crippen molar-refractivity contribution in [2.24, 2.45) is 0 Å². The normalized spacial score (nSPS) is 14.4. The van der Waals surface area contributed by atoms with Crippen LogP contribution in [0.15, 0.2) is 48.5 Å². The van der Waals surface area contributed by atoms with E-state index in [9.17, 15) is 9.18 Å². The number of nitrogens with one attached hydrogen (secondary N) is 1. The molecule has 0 aliphatic carbocycles. The highest BCUT2D eigenvalue weighted by atomic mass is 35.5. The van der Waals surface area contributed by atoms with Crippen LogP contribution in [0, 0.1) is 5.82 Å². The van der Waals surface area contributed by atoms with Gasteiger partial charge in [0.15, 0.2) is 0 Å². The quantitative estimate of drug-likeness (QED) is 0.816. The Bertz CT molecular complexity index is 752. The van der Waals surface area contributed by atoms with Gasteiger partial charge in [0.2, 0.25) is 5.91 Å². The molecule has 0 aromatic heterocycles. The van der Waals surface area contributed by atoms with E-state index in [1.54, 1.807) is 13.2 Å². The van der Waals surface area contributed by atoms with Crippen molar-refractivity contribution in [1.29, 1.82) is 0 Å².